The van der Waals surface area contributed by atoms with E-state index in [0.717, 1.165) is 0 Å². The number of nitrogens with zero attached hydrogens (tertiary/aromatic N) is 4. The second-order valence-electron chi connectivity index (χ2n) is 6.41. The third-order valence-corrected chi connectivity index (χ3v) is 4.72. The number of piperidine rings is 1. The van der Waals surface area contributed by atoms with E-state index in [2.05, 4.69) is 10.1 Å². The number of fused-ring (bicyclic) bond motifs is 1. The summed E-state index contributed by atoms with van der Waals surface area (Å²) in [6.45, 7) is 6.30. The highest BCUT2D eigenvalue weighted by Crippen LogP contribution is 2.19. The van der Waals surface area contributed by atoms with E-state index in [1.165, 1.54) is 4.57 Å². The van der Waals surface area contributed by atoms with Crippen molar-refractivity contribution in [3.63, 3.8) is 0 Å². The first kappa shape index (κ1) is 18.1. The summed E-state index contributed by atoms with van der Waals surface area (Å²) >= 11 is 0. The van der Waals surface area contributed by atoms with Crippen LogP contribution in [0, 0.1) is 19.8 Å². The van der Waals surface area contributed by atoms with Crippen LogP contribution in [-0.2, 0) is 20.9 Å². The fourth-order valence-corrected chi connectivity index (χ4v) is 3.22. The molecule has 9 nitrogen and oxygen atoms in total. The fraction of sp³-hybridized carbons (Fsp3) is 0.588. The molecule has 0 radical (unpaired) electrons. The number of hydrogen-bond acceptors (Lipinski definition) is 7. The number of aromatic nitrogens is 3. The van der Waals surface area contributed by atoms with Crippen molar-refractivity contribution in [2.45, 2.75) is 40.2 Å². The number of esters is 1. The molecule has 0 unspecified atom stereocenters. The normalized spacial score (nSPS) is 15.4. The molecule has 3 rings (SSSR count). The van der Waals surface area contributed by atoms with E-state index in [9.17, 15) is 14.4 Å². The first-order valence-corrected chi connectivity index (χ1v) is 8.70. The molecule has 1 saturated heterocycles. The van der Waals surface area contributed by atoms with Crippen LogP contribution in [0.5, 0.6) is 0 Å². The maximum atomic E-state index is 12.7. The molecule has 0 spiro atoms. The van der Waals surface area contributed by atoms with Crippen LogP contribution in [-0.4, -0.2) is 51.2 Å². The summed E-state index contributed by atoms with van der Waals surface area (Å²) in [5.41, 5.74) is 0.305. The van der Waals surface area contributed by atoms with Gasteiger partial charge < -0.3 is 14.2 Å². The molecule has 0 atom stereocenters. The molecule has 140 valence electrons. The van der Waals surface area contributed by atoms with E-state index in [0.29, 0.717) is 49.4 Å². The minimum atomic E-state index is -0.332. The third-order valence-electron chi connectivity index (χ3n) is 4.72. The lowest BCUT2D eigenvalue weighted by Crippen LogP contribution is -2.43. The minimum Gasteiger partial charge on any atom is -0.466 e. The fourth-order valence-electron chi connectivity index (χ4n) is 3.22. The maximum absolute atomic E-state index is 12.7. The molecule has 0 bridgehead atoms. The van der Waals surface area contributed by atoms with Crippen molar-refractivity contribution in [2.75, 3.05) is 19.7 Å². The molecule has 26 heavy (non-hydrogen) atoms. The highest BCUT2D eigenvalue weighted by atomic mass is 16.5. The second kappa shape index (κ2) is 7.27. The smallest absolute Gasteiger partial charge is 0.309 e. The Morgan fingerprint density at radius 3 is 2.62 bits per heavy atom. The van der Waals surface area contributed by atoms with Gasteiger partial charge in [0.05, 0.1) is 18.2 Å². The van der Waals surface area contributed by atoms with Crippen LogP contribution in [0.1, 0.15) is 31.3 Å². The number of likely N-dealkylation sites (tertiary alicyclic amines) is 1. The molecule has 1 aliphatic heterocycles. The first-order valence-electron chi connectivity index (χ1n) is 8.70. The quantitative estimate of drug-likeness (QED) is 0.740. The Morgan fingerprint density at radius 2 is 1.96 bits per heavy atom. The van der Waals surface area contributed by atoms with E-state index in [1.54, 1.807) is 25.7 Å². The number of carbonyl (C=O) groups is 2. The summed E-state index contributed by atoms with van der Waals surface area (Å²) in [5, 5.41) is 4.05. The van der Waals surface area contributed by atoms with Crippen LogP contribution < -0.4 is 5.56 Å². The number of carbonyl (C=O) groups excluding carboxylic acids is 2. The van der Waals surface area contributed by atoms with Gasteiger partial charge in [-0.25, -0.2) is 0 Å². The van der Waals surface area contributed by atoms with Gasteiger partial charge in [-0.2, -0.15) is 4.98 Å². The molecule has 1 amide bonds. The molecule has 0 aromatic carbocycles. The average molecular weight is 362 g/mol. The largest absolute Gasteiger partial charge is 0.466 e. The molecule has 0 aliphatic carbocycles. The van der Waals surface area contributed by atoms with Crippen molar-refractivity contribution >= 4 is 23.0 Å². The lowest BCUT2D eigenvalue weighted by atomic mass is 9.97. The molecule has 1 fully saturated rings. The highest BCUT2D eigenvalue weighted by Gasteiger charge is 2.28. The number of rotatable bonds is 4. The van der Waals surface area contributed by atoms with Crippen LogP contribution >= 0.6 is 0 Å². The predicted octanol–water partition coefficient (Wildman–Crippen LogP) is 0.803. The lowest BCUT2D eigenvalue weighted by molar-refractivity contribution is -0.151. The first-order chi connectivity index (χ1) is 12.4. The van der Waals surface area contributed by atoms with Gasteiger partial charge in [0.1, 0.15) is 17.8 Å². The third kappa shape index (κ3) is 3.33. The Hall–Kier alpha value is -2.71. The highest BCUT2D eigenvalue weighted by molar-refractivity contribution is 5.78. The van der Waals surface area contributed by atoms with Crippen molar-refractivity contribution in [3.05, 3.63) is 21.9 Å². The van der Waals surface area contributed by atoms with Gasteiger partial charge in [0.15, 0.2) is 0 Å². The average Bonchev–Trinajstić information content (AvgIpc) is 2.99. The van der Waals surface area contributed by atoms with Gasteiger partial charge in [-0.05, 0) is 33.6 Å². The van der Waals surface area contributed by atoms with Crippen LogP contribution in [0.15, 0.2) is 9.32 Å². The van der Waals surface area contributed by atoms with E-state index >= 15 is 0 Å². The van der Waals surface area contributed by atoms with Crippen LogP contribution in [0.3, 0.4) is 0 Å². The molecular weight excluding hydrogens is 340 g/mol. The van der Waals surface area contributed by atoms with Gasteiger partial charge in [-0.3, -0.25) is 19.0 Å². The molecule has 1 aliphatic rings. The number of amides is 1. The SMILES string of the molecule is CCOC(=O)C1CCN(C(=O)Cn2c(C)nc3onc(C)c3c2=O)CC1. The number of hydrogen-bond donors (Lipinski definition) is 0. The molecule has 2 aromatic rings. The summed E-state index contributed by atoms with van der Waals surface area (Å²) in [4.78, 5) is 42.9. The molecule has 9 heteroatoms. The van der Waals surface area contributed by atoms with Gasteiger partial charge in [0.25, 0.3) is 11.3 Å². The molecule has 2 aromatic heterocycles. The zero-order chi connectivity index (χ0) is 18.8. The van der Waals surface area contributed by atoms with E-state index < -0.39 is 0 Å². The maximum Gasteiger partial charge on any atom is 0.309 e. The Balaban J connectivity index is 1.71. The Morgan fingerprint density at radius 1 is 1.27 bits per heavy atom. The van der Waals surface area contributed by atoms with Crippen LogP contribution in [0.4, 0.5) is 0 Å². The van der Waals surface area contributed by atoms with Gasteiger partial charge in [0, 0.05) is 13.1 Å². The molecular formula is C17H22N4O5. The molecule has 0 saturated carbocycles. The van der Waals surface area contributed by atoms with Gasteiger partial charge in [-0.15, -0.1) is 0 Å². The monoisotopic (exact) mass is 362 g/mol. The van der Waals surface area contributed by atoms with Crippen molar-refractivity contribution < 1.29 is 18.8 Å². The summed E-state index contributed by atoms with van der Waals surface area (Å²) in [7, 11) is 0. The number of ether oxygens (including phenoxy) is 1. The Bertz CT molecular complexity index is 892. The molecule has 0 N–H and O–H groups in total. The van der Waals surface area contributed by atoms with Crippen molar-refractivity contribution in [2.24, 2.45) is 5.92 Å². The van der Waals surface area contributed by atoms with Gasteiger partial charge in [0.2, 0.25) is 5.91 Å². The van der Waals surface area contributed by atoms with Gasteiger partial charge in [-0.1, -0.05) is 5.16 Å². The Labute approximate surface area is 149 Å². The van der Waals surface area contributed by atoms with Crippen molar-refractivity contribution in [3.8, 4) is 0 Å². The number of aryl methyl sites for hydroxylation is 2. The summed E-state index contributed by atoms with van der Waals surface area (Å²) in [5.74, 6) is -0.147. The second-order valence-corrected chi connectivity index (χ2v) is 6.41. The lowest BCUT2D eigenvalue weighted by Gasteiger charge is -2.31. The zero-order valence-corrected chi connectivity index (χ0v) is 15.2. The standard InChI is InChI=1S/C17H22N4O5/c1-4-25-17(24)12-5-7-20(8-6-12)13(22)9-21-11(3)18-15-14(16(21)23)10(2)19-26-15/h12H,4-9H2,1-3H3. The summed E-state index contributed by atoms with van der Waals surface area (Å²) in [6.07, 6.45) is 1.14. The van der Waals surface area contributed by atoms with Crippen molar-refractivity contribution in [1.82, 2.24) is 19.6 Å². The van der Waals surface area contributed by atoms with E-state index in [1.807, 2.05) is 0 Å². The Kier molecular flexibility index (Phi) is 5.06. The van der Waals surface area contributed by atoms with Gasteiger partial charge >= 0.3 is 5.97 Å². The topological polar surface area (TPSA) is 108 Å². The van der Waals surface area contributed by atoms with Crippen molar-refractivity contribution in [1.29, 1.82) is 0 Å². The summed E-state index contributed by atoms with van der Waals surface area (Å²) < 4.78 is 11.4. The predicted molar refractivity (Wildman–Crippen MR) is 91.5 cm³/mol. The van der Waals surface area contributed by atoms with Crippen LogP contribution in [0.2, 0.25) is 0 Å². The van der Waals surface area contributed by atoms with E-state index in [4.69, 9.17) is 9.26 Å². The minimum absolute atomic E-state index is 0.0949. The summed E-state index contributed by atoms with van der Waals surface area (Å²) in [6, 6.07) is 0. The molecule has 3 heterocycles. The van der Waals surface area contributed by atoms with E-state index in [-0.39, 0.29) is 35.6 Å². The van der Waals surface area contributed by atoms with Crippen LogP contribution in [0.25, 0.3) is 11.1 Å². The zero-order valence-electron chi connectivity index (χ0n) is 15.2.